The zero-order valence-electron chi connectivity index (χ0n) is 67.6. The second-order valence-electron chi connectivity index (χ2n) is 28.3. The van der Waals surface area contributed by atoms with Crippen LogP contribution in [0.2, 0.25) is 0 Å². The maximum atomic E-state index is 3.58. The van der Waals surface area contributed by atoms with Crippen LogP contribution in [0.25, 0.3) is 0 Å². The van der Waals surface area contributed by atoms with Gasteiger partial charge in [0.25, 0.3) is 0 Å². The molecule has 14 nitrogen and oxygen atoms in total. The summed E-state index contributed by atoms with van der Waals surface area (Å²) in [6.07, 6.45) is 47.3. The van der Waals surface area contributed by atoms with E-state index in [2.05, 4.69) is 74.7 Å². The molecule has 16 atom stereocenters. The lowest BCUT2D eigenvalue weighted by atomic mass is 9.76. The van der Waals surface area contributed by atoms with Gasteiger partial charge in [-0.3, -0.25) is 10.9 Å². The van der Waals surface area contributed by atoms with Gasteiger partial charge in [-0.2, -0.15) is 0 Å². The Morgan fingerprint density at radius 2 is 0.448 bits per heavy atom. The van der Waals surface area contributed by atoms with Crippen LogP contribution in [0.1, 0.15) is 323 Å². The molecular weight excluding hydrogens is 1180 g/mol. The summed E-state index contributed by atoms with van der Waals surface area (Å²) in [5, 5.41) is 42.1. The van der Waals surface area contributed by atoms with Crippen molar-refractivity contribution in [1.82, 2.24) is 74.7 Å². The van der Waals surface area contributed by atoms with E-state index in [4.69, 9.17) is 0 Å². The van der Waals surface area contributed by atoms with Crippen LogP contribution in [0.5, 0.6) is 0 Å². The average molecular weight is 1360 g/mol. The minimum atomic E-state index is 0.794. The summed E-state index contributed by atoms with van der Waals surface area (Å²) in [6, 6.07) is 6.45. The first-order valence-corrected chi connectivity index (χ1v) is 43.9. The van der Waals surface area contributed by atoms with Crippen molar-refractivity contribution in [1.29, 1.82) is 0 Å². The van der Waals surface area contributed by atoms with E-state index in [-0.39, 0.29) is 0 Å². The lowest BCUT2D eigenvalue weighted by molar-refractivity contribution is 0.185. The summed E-state index contributed by atoms with van der Waals surface area (Å²) >= 11 is 0. The first-order valence-electron chi connectivity index (χ1n) is 43.9. The molecule has 11 heterocycles. The van der Waals surface area contributed by atoms with Crippen LogP contribution in [-0.2, 0) is 0 Å². The highest BCUT2D eigenvalue weighted by atomic mass is 15.4. The van der Waals surface area contributed by atoms with Gasteiger partial charge in [-0.15, -0.1) is 0 Å². The van der Waals surface area contributed by atoms with Crippen molar-refractivity contribution < 1.29 is 0 Å². The Labute approximate surface area is 601 Å². The number of nitrogens with one attached hydrogen (secondary N) is 14. The van der Waals surface area contributed by atoms with Crippen molar-refractivity contribution >= 4 is 0 Å². The largest absolute Gasteiger partial charge is 0.316 e. The third-order valence-corrected chi connectivity index (χ3v) is 22.9. The van der Waals surface area contributed by atoms with Gasteiger partial charge in [0.2, 0.25) is 0 Å². The molecular formula is C82H178N14. The van der Waals surface area contributed by atoms with Crippen LogP contribution in [-0.4, -0.2) is 160 Å². The third-order valence-electron chi connectivity index (χ3n) is 22.9. The average Bonchev–Trinajstić information content (AvgIpc) is 3.05. The topological polar surface area (TPSA) is 168 Å². The fourth-order valence-corrected chi connectivity index (χ4v) is 17.9. The molecule has 11 saturated heterocycles. The fraction of sp³-hybridized carbons (Fsp3) is 1.00. The highest BCUT2D eigenvalue weighted by molar-refractivity contribution is 4.92. The molecule has 5 aliphatic carbocycles. The van der Waals surface area contributed by atoms with Crippen molar-refractivity contribution in [2.75, 3.05) is 111 Å². The van der Waals surface area contributed by atoms with E-state index in [0.29, 0.717) is 0 Å². The molecule has 5 saturated carbocycles. The number of rotatable bonds is 0. The van der Waals surface area contributed by atoms with E-state index >= 15 is 0 Å². The highest BCUT2D eigenvalue weighted by Gasteiger charge is 2.32. The number of piperidine rings is 8. The Morgan fingerprint density at radius 1 is 0.167 bits per heavy atom. The maximum Gasteiger partial charge on any atom is 0.0456 e. The Morgan fingerprint density at radius 3 is 0.906 bits per heavy atom. The predicted molar refractivity (Wildman–Crippen MR) is 428 cm³/mol. The molecule has 16 unspecified atom stereocenters. The van der Waals surface area contributed by atoms with Crippen molar-refractivity contribution in [3.63, 3.8) is 0 Å². The van der Waals surface area contributed by atoms with Gasteiger partial charge in [-0.1, -0.05) is 188 Å². The molecule has 0 spiro atoms. The van der Waals surface area contributed by atoms with Gasteiger partial charge in [-0.25, -0.2) is 0 Å². The van der Waals surface area contributed by atoms with Crippen molar-refractivity contribution in [2.45, 2.75) is 371 Å². The minimum Gasteiger partial charge on any atom is -0.316 e. The number of hydrazine groups is 1. The normalized spacial score (nSPS) is 34.5. The van der Waals surface area contributed by atoms with E-state index < -0.39 is 0 Å². The van der Waals surface area contributed by atoms with Crippen molar-refractivity contribution in [3.8, 4) is 0 Å². The first kappa shape index (κ1) is 93.5. The molecule has 0 aromatic rings. The molecule has 14 heteroatoms. The van der Waals surface area contributed by atoms with Gasteiger partial charge in [0, 0.05) is 87.7 Å². The molecule has 0 aromatic heterocycles. The Hall–Kier alpha value is -0.560. The molecule has 0 aromatic carbocycles. The monoisotopic (exact) mass is 1360 g/mol. The molecule has 16 aliphatic rings. The highest BCUT2D eigenvalue weighted by Crippen LogP contribution is 2.35. The maximum absolute atomic E-state index is 3.58. The van der Waals surface area contributed by atoms with Gasteiger partial charge in [-0.05, 0) is 254 Å². The van der Waals surface area contributed by atoms with Crippen LogP contribution in [0.15, 0.2) is 0 Å². The van der Waals surface area contributed by atoms with E-state index in [1.165, 1.54) is 317 Å². The molecule has 16 rings (SSSR count). The molecule has 0 amide bonds. The Kier molecular flexibility index (Phi) is 64.6. The number of hydrogen-bond acceptors (Lipinski definition) is 14. The summed E-state index contributed by atoms with van der Waals surface area (Å²) in [6.45, 7) is 52.8. The van der Waals surface area contributed by atoms with Gasteiger partial charge in [0.15, 0.2) is 0 Å². The Bertz CT molecular complexity index is 1040. The second kappa shape index (κ2) is 66.4. The molecule has 16 fully saturated rings. The van der Waals surface area contributed by atoms with E-state index in [9.17, 15) is 0 Å². The van der Waals surface area contributed by atoms with Crippen LogP contribution >= 0.6 is 0 Å². The fourth-order valence-electron chi connectivity index (χ4n) is 17.9. The smallest absolute Gasteiger partial charge is 0.0456 e. The summed E-state index contributed by atoms with van der Waals surface area (Å²) in [7, 11) is 0. The van der Waals surface area contributed by atoms with Crippen molar-refractivity contribution in [2.24, 2.45) is 47.3 Å². The summed E-state index contributed by atoms with van der Waals surface area (Å²) in [4.78, 5) is 0. The first-order chi connectivity index (χ1) is 47.7. The number of fused-ring (bicyclic) bond motifs is 8. The second-order valence-corrected chi connectivity index (χ2v) is 28.3. The van der Waals surface area contributed by atoms with Gasteiger partial charge < -0.3 is 63.8 Å². The number of piperazine rings is 1. The zero-order chi connectivity index (χ0) is 70.5. The van der Waals surface area contributed by atoms with Crippen LogP contribution in [0, 0.1) is 47.3 Å². The molecule has 96 heavy (non-hydrogen) atoms. The predicted octanol–water partition coefficient (Wildman–Crippen LogP) is 15.2. The Balaban J connectivity index is 0.000000532. The van der Waals surface area contributed by atoms with Crippen LogP contribution < -0.4 is 74.7 Å². The third kappa shape index (κ3) is 38.8. The summed E-state index contributed by atoms with van der Waals surface area (Å²) in [5.41, 5.74) is 6.60. The molecule has 576 valence electrons. The standard InChI is InChI=1S/2C9H17N.6C8H16N2.8C2H6/c2*1-2-4-9-7-10-6-5-8(9)3-1;1-3-7-8(9-5-1)4-2-6-10-7;1-2-7-6-9-5-3-8(7)10-4-1;1-2-7-3-5-9-6-8(7)10-4-1;1-2-4-8-7(3-1)5-9-6-10-8;1-2-4-8-7(3-1)9-5-6-10-8;1-2-4-8-7(3-1)5-6-9-10-8;8*1-2/h2*8-10H,1-7H2;6*7-10H,1-6H2;8*1-2H3. The van der Waals surface area contributed by atoms with Gasteiger partial charge in [0.05, 0.1) is 0 Å². The van der Waals surface area contributed by atoms with Crippen LogP contribution in [0.3, 0.4) is 0 Å². The lowest BCUT2D eigenvalue weighted by Gasteiger charge is -2.37. The van der Waals surface area contributed by atoms with Crippen molar-refractivity contribution in [3.05, 3.63) is 0 Å². The molecule has 11 aliphatic heterocycles. The van der Waals surface area contributed by atoms with E-state index in [1.54, 1.807) is 0 Å². The number of hydrogen-bond donors (Lipinski definition) is 14. The summed E-state index contributed by atoms with van der Waals surface area (Å²) < 4.78 is 0. The van der Waals surface area contributed by atoms with Crippen LogP contribution in [0.4, 0.5) is 0 Å². The quantitative estimate of drug-likeness (QED) is 0.111. The summed E-state index contributed by atoms with van der Waals surface area (Å²) in [5.74, 6) is 8.10. The van der Waals surface area contributed by atoms with Gasteiger partial charge >= 0.3 is 0 Å². The van der Waals surface area contributed by atoms with E-state index in [1.807, 2.05) is 111 Å². The minimum absolute atomic E-state index is 0.794. The molecule has 14 N–H and O–H groups in total. The van der Waals surface area contributed by atoms with Gasteiger partial charge in [0.1, 0.15) is 0 Å². The lowest BCUT2D eigenvalue weighted by Crippen LogP contribution is -2.56. The SMILES string of the molecule is C1CCC2CNCCC2C1.C1CCC2CNCCC2C1.C1CCC2NCCNC2C1.C1CCC2NCNCC2C1.C1CCC2NNCCC2C1.C1CNC2CCCNC2C1.C1CNC2CCNCC2C1.C1CNC2CNCCC2C1.CC.CC.CC.CC.CC.CC.CC.CC. The zero-order valence-corrected chi connectivity index (χ0v) is 67.6. The molecule has 0 radical (unpaired) electrons. The van der Waals surface area contributed by atoms with E-state index in [0.717, 1.165) is 102 Å². The molecule has 0 bridgehead atoms.